The van der Waals surface area contributed by atoms with Gasteiger partial charge in [0.25, 0.3) is 0 Å². The Morgan fingerprint density at radius 1 is 1.00 bits per heavy atom. The fraction of sp³-hybridized carbons (Fsp3) is 0.235. The Labute approximate surface area is 133 Å². The van der Waals surface area contributed by atoms with Crippen LogP contribution < -0.4 is 14.2 Å². The molecule has 0 amide bonds. The van der Waals surface area contributed by atoms with E-state index in [9.17, 15) is 0 Å². The van der Waals surface area contributed by atoms with Gasteiger partial charge in [-0.05, 0) is 42.3 Å². The molecule has 5 heteroatoms. The predicted molar refractivity (Wildman–Crippen MR) is 87.6 cm³/mol. The largest absolute Gasteiger partial charge is 0.484 e. The van der Waals surface area contributed by atoms with Gasteiger partial charge in [0.1, 0.15) is 23.1 Å². The van der Waals surface area contributed by atoms with E-state index in [2.05, 4.69) is 24.0 Å². The Kier molecular flexibility index (Phi) is 3.42. The normalized spacial score (nSPS) is 15.0. The second-order valence-electron chi connectivity index (χ2n) is 5.24. The van der Waals surface area contributed by atoms with Crippen LogP contribution in [0.5, 0.6) is 17.2 Å². The maximum Gasteiger partial charge on any atom is 0.231 e. The molecule has 0 spiro atoms. The minimum atomic E-state index is 0.308. The third-order valence-corrected chi connectivity index (χ3v) is 4.57. The summed E-state index contributed by atoms with van der Waals surface area (Å²) >= 11 is 1.69. The minimum Gasteiger partial charge on any atom is -0.484 e. The van der Waals surface area contributed by atoms with Crippen molar-refractivity contribution in [3.63, 3.8) is 0 Å². The lowest BCUT2D eigenvalue weighted by Crippen LogP contribution is -2.12. The number of nitrogens with zero attached hydrogens (tertiary/aromatic N) is 1. The van der Waals surface area contributed by atoms with Crippen molar-refractivity contribution in [2.75, 3.05) is 13.4 Å². The van der Waals surface area contributed by atoms with Crippen molar-refractivity contribution in [3.05, 3.63) is 47.5 Å². The molecule has 2 aliphatic heterocycles. The lowest BCUT2D eigenvalue weighted by molar-refractivity contribution is 0.174. The van der Waals surface area contributed by atoms with Gasteiger partial charge in [0.15, 0.2) is 11.5 Å². The van der Waals surface area contributed by atoms with Crippen LogP contribution in [0, 0.1) is 6.92 Å². The lowest BCUT2D eigenvalue weighted by atomic mass is 10.2. The molecule has 0 aliphatic carbocycles. The molecule has 0 fully saturated rings. The van der Waals surface area contributed by atoms with E-state index in [1.165, 1.54) is 11.1 Å². The summed E-state index contributed by atoms with van der Waals surface area (Å²) in [5, 5.41) is 0.994. The average molecular weight is 313 g/mol. The van der Waals surface area contributed by atoms with Gasteiger partial charge in [-0.2, -0.15) is 0 Å². The van der Waals surface area contributed by atoms with Crippen molar-refractivity contribution in [2.45, 2.75) is 12.7 Å². The van der Waals surface area contributed by atoms with Crippen molar-refractivity contribution < 1.29 is 14.2 Å². The number of hydrogen-bond donors (Lipinski definition) is 0. The summed E-state index contributed by atoms with van der Waals surface area (Å²) in [5.41, 5.74) is 3.28. The molecule has 2 aromatic rings. The van der Waals surface area contributed by atoms with Crippen molar-refractivity contribution >= 4 is 22.5 Å². The van der Waals surface area contributed by atoms with Gasteiger partial charge in [-0.1, -0.05) is 12.1 Å². The van der Waals surface area contributed by atoms with E-state index < -0.39 is 0 Å². The summed E-state index contributed by atoms with van der Waals surface area (Å²) < 4.78 is 16.5. The van der Waals surface area contributed by atoms with Crippen molar-refractivity contribution in [2.24, 2.45) is 4.99 Å². The topological polar surface area (TPSA) is 40.0 Å². The quantitative estimate of drug-likeness (QED) is 0.837. The molecule has 0 N–H and O–H groups in total. The number of fused-ring (bicyclic) bond motifs is 2. The molecule has 0 unspecified atom stereocenters. The zero-order chi connectivity index (χ0) is 14.9. The fourth-order valence-corrected chi connectivity index (χ4v) is 3.22. The first-order valence-electron chi connectivity index (χ1n) is 7.10. The Balaban J connectivity index is 1.47. The smallest absolute Gasteiger partial charge is 0.231 e. The summed E-state index contributed by atoms with van der Waals surface area (Å²) in [4.78, 5) is 4.67. The van der Waals surface area contributed by atoms with E-state index >= 15 is 0 Å². The molecule has 2 aliphatic rings. The zero-order valence-corrected chi connectivity index (χ0v) is 13.0. The van der Waals surface area contributed by atoms with Crippen LogP contribution in [0.4, 0.5) is 5.69 Å². The summed E-state index contributed by atoms with van der Waals surface area (Å²) in [5.74, 6) is 3.34. The second kappa shape index (κ2) is 5.57. The average Bonchev–Trinajstić information content (AvgIpc) is 3.00. The maximum absolute atomic E-state index is 5.78. The van der Waals surface area contributed by atoms with Gasteiger partial charge in [-0.3, -0.25) is 0 Å². The van der Waals surface area contributed by atoms with Gasteiger partial charge in [0.05, 0.1) is 0 Å². The number of ether oxygens (including phenoxy) is 3. The van der Waals surface area contributed by atoms with Gasteiger partial charge >= 0.3 is 0 Å². The molecule has 4 nitrogen and oxygen atoms in total. The van der Waals surface area contributed by atoms with E-state index in [0.717, 1.165) is 33.7 Å². The summed E-state index contributed by atoms with van der Waals surface area (Å²) in [6.07, 6.45) is 0. The van der Waals surface area contributed by atoms with Crippen LogP contribution in [-0.4, -0.2) is 18.4 Å². The van der Waals surface area contributed by atoms with Gasteiger partial charge in [-0.15, -0.1) is 11.8 Å². The molecule has 0 radical (unpaired) electrons. The number of benzene rings is 2. The standard InChI is InChI=1S/C17H15NO3S/c1-11-2-4-13-15(6-11)19-8-17(18-13)22-9-12-3-5-14-16(7-12)21-10-20-14/h2-7H,8-10H2,1H3. The first kappa shape index (κ1) is 13.5. The molecule has 0 saturated heterocycles. The number of aliphatic imine (C=N–C) groups is 1. The van der Waals surface area contributed by atoms with Gasteiger partial charge in [-0.25, -0.2) is 4.99 Å². The third-order valence-electron chi connectivity index (χ3n) is 3.55. The van der Waals surface area contributed by atoms with Crippen LogP contribution in [-0.2, 0) is 5.75 Å². The summed E-state index contributed by atoms with van der Waals surface area (Å²) in [7, 11) is 0. The van der Waals surface area contributed by atoms with E-state index in [1.807, 2.05) is 24.3 Å². The third kappa shape index (κ3) is 2.64. The van der Waals surface area contributed by atoms with Crippen LogP contribution >= 0.6 is 11.8 Å². The highest BCUT2D eigenvalue weighted by molar-refractivity contribution is 8.13. The van der Waals surface area contributed by atoms with Gasteiger partial charge in [0.2, 0.25) is 6.79 Å². The summed E-state index contributed by atoms with van der Waals surface area (Å²) in [6.45, 7) is 2.89. The van der Waals surface area contributed by atoms with E-state index in [-0.39, 0.29) is 0 Å². The predicted octanol–water partition coefficient (Wildman–Crippen LogP) is 4.08. The highest BCUT2D eigenvalue weighted by Gasteiger charge is 2.16. The Morgan fingerprint density at radius 2 is 1.91 bits per heavy atom. The first-order valence-corrected chi connectivity index (χ1v) is 8.09. The highest BCUT2D eigenvalue weighted by atomic mass is 32.2. The summed E-state index contributed by atoms with van der Waals surface area (Å²) in [6, 6.07) is 12.1. The van der Waals surface area contributed by atoms with E-state index in [0.29, 0.717) is 13.4 Å². The van der Waals surface area contributed by atoms with Crippen LogP contribution in [0.3, 0.4) is 0 Å². The molecule has 2 heterocycles. The number of rotatable bonds is 2. The monoisotopic (exact) mass is 313 g/mol. The lowest BCUT2D eigenvalue weighted by Gasteiger charge is -2.17. The second-order valence-corrected chi connectivity index (χ2v) is 6.29. The Morgan fingerprint density at radius 3 is 2.86 bits per heavy atom. The minimum absolute atomic E-state index is 0.308. The Hall–Kier alpha value is -2.14. The number of hydrogen-bond acceptors (Lipinski definition) is 5. The zero-order valence-electron chi connectivity index (χ0n) is 12.2. The molecule has 0 bridgehead atoms. The SMILES string of the molecule is Cc1ccc2c(c1)OCC(SCc1ccc3c(c1)OCO3)=N2. The molecule has 22 heavy (non-hydrogen) atoms. The molecule has 0 aromatic heterocycles. The van der Waals surface area contributed by atoms with Gasteiger partial charge < -0.3 is 14.2 Å². The van der Waals surface area contributed by atoms with Crippen LogP contribution in [0.25, 0.3) is 0 Å². The maximum atomic E-state index is 5.78. The molecule has 112 valence electrons. The highest BCUT2D eigenvalue weighted by Crippen LogP contribution is 2.35. The van der Waals surface area contributed by atoms with Crippen LogP contribution in [0.1, 0.15) is 11.1 Å². The Bertz CT molecular complexity index is 758. The first-order chi connectivity index (χ1) is 10.8. The van der Waals surface area contributed by atoms with Crippen LogP contribution in [0.2, 0.25) is 0 Å². The molecular weight excluding hydrogens is 298 g/mol. The fourth-order valence-electron chi connectivity index (χ4n) is 2.41. The molecule has 0 saturated carbocycles. The molecule has 2 aromatic carbocycles. The van der Waals surface area contributed by atoms with Crippen molar-refractivity contribution in [1.82, 2.24) is 0 Å². The van der Waals surface area contributed by atoms with E-state index in [4.69, 9.17) is 14.2 Å². The molecular formula is C17H15NO3S. The van der Waals surface area contributed by atoms with Crippen LogP contribution in [0.15, 0.2) is 41.4 Å². The molecule has 0 atom stereocenters. The van der Waals surface area contributed by atoms with Gasteiger partial charge in [0, 0.05) is 5.75 Å². The van der Waals surface area contributed by atoms with Crippen molar-refractivity contribution in [1.29, 1.82) is 0 Å². The molecule has 4 rings (SSSR count). The number of aryl methyl sites for hydroxylation is 1. The number of thioether (sulfide) groups is 1. The van der Waals surface area contributed by atoms with E-state index in [1.54, 1.807) is 11.8 Å². The van der Waals surface area contributed by atoms with Crippen molar-refractivity contribution in [3.8, 4) is 17.2 Å².